The highest BCUT2D eigenvalue weighted by atomic mass is 32.1. The Morgan fingerprint density at radius 1 is 0.660 bits per heavy atom. The smallest absolute Gasteiger partial charge is 0.331 e. The van der Waals surface area contributed by atoms with Gasteiger partial charge in [-0.05, 0) is 67.8 Å². The number of benzene rings is 2. The van der Waals surface area contributed by atoms with E-state index in [-0.39, 0.29) is 17.8 Å². The van der Waals surface area contributed by atoms with Crippen LogP contribution in [0.4, 0.5) is 64.1 Å². The number of allylic oxidation sites excluding steroid dienone is 2. The number of halogens is 12. The number of carbonyl (C=O) groups excluding carboxylic acids is 2. The lowest BCUT2D eigenvalue weighted by Gasteiger charge is -2.23. The van der Waals surface area contributed by atoms with Crippen molar-refractivity contribution in [1.82, 2.24) is 15.8 Å². The minimum Gasteiger partial charge on any atom is -0.331 e. The first-order valence-corrected chi connectivity index (χ1v) is 15.2. The number of carbonyl (C=O) groups is 2. The molecule has 53 heavy (non-hydrogen) atoms. The Hall–Kier alpha value is -5.06. The van der Waals surface area contributed by atoms with E-state index in [4.69, 9.17) is 24.4 Å². The van der Waals surface area contributed by atoms with Gasteiger partial charge in [0.15, 0.2) is 10.2 Å². The number of hydrogen-bond donors (Lipinski definition) is 4. The van der Waals surface area contributed by atoms with E-state index in [9.17, 15) is 62.3 Å². The quantitative estimate of drug-likeness (QED) is 0.0750. The van der Waals surface area contributed by atoms with Crippen LogP contribution >= 0.6 is 24.4 Å². The third-order valence-corrected chi connectivity index (χ3v) is 7.72. The van der Waals surface area contributed by atoms with E-state index in [1.165, 1.54) is 31.2 Å². The molecule has 4 rings (SSSR count). The van der Waals surface area contributed by atoms with E-state index in [0.717, 1.165) is 11.1 Å². The van der Waals surface area contributed by atoms with E-state index < -0.39 is 98.3 Å². The molecule has 2 aliphatic rings. The number of fused-ring (bicyclic) bond motifs is 1. The first-order valence-electron chi connectivity index (χ1n) is 14.4. The maximum absolute atomic E-state index is 13.3. The number of anilines is 2. The Morgan fingerprint density at radius 2 is 1.02 bits per heavy atom. The Bertz CT molecular complexity index is 1820. The number of amides is 2. The van der Waals surface area contributed by atoms with Crippen molar-refractivity contribution in [1.29, 1.82) is 0 Å². The second-order valence-corrected chi connectivity index (χ2v) is 11.9. The first-order chi connectivity index (χ1) is 24.4. The fourth-order valence-corrected chi connectivity index (χ4v) is 5.23. The fraction of sp³-hybridized carbons (Fsp3) is 0.267. The summed E-state index contributed by atoms with van der Waals surface area (Å²) in [5.41, 5.74) is -4.21. The molecule has 2 aromatic rings. The van der Waals surface area contributed by atoms with Crippen LogP contribution in [0.3, 0.4) is 0 Å². The topological polar surface area (TPSA) is 110 Å². The van der Waals surface area contributed by atoms with Gasteiger partial charge >= 0.3 is 24.7 Å². The number of nitrogens with zero attached hydrogens (tertiary/aromatic N) is 3. The van der Waals surface area contributed by atoms with Crippen LogP contribution in [0.1, 0.15) is 29.2 Å². The van der Waals surface area contributed by atoms with E-state index in [1.807, 2.05) is 0 Å². The number of alkyl halides is 12. The van der Waals surface area contributed by atoms with Gasteiger partial charge in [0.05, 0.1) is 46.3 Å². The van der Waals surface area contributed by atoms with Crippen LogP contribution in [0.5, 0.6) is 0 Å². The normalized spacial score (nSPS) is 18.7. The molecule has 23 heteroatoms. The molecule has 4 N–H and O–H groups in total. The van der Waals surface area contributed by atoms with Crippen LogP contribution in [-0.2, 0) is 34.3 Å². The van der Waals surface area contributed by atoms with Crippen molar-refractivity contribution in [3.8, 4) is 0 Å². The van der Waals surface area contributed by atoms with Crippen molar-refractivity contribution >= 4 is 69.8 Å². The van der Waals surface area contributed by atoms with Crippen LogP contribution in [-0.4, -0.2) is 44.9 Å². The summed E-state index contributed by atoms with van der Waals surface area (Å²) in [5.74, 6) is -3.16. The summed E-state index contributed by atoms with van der Waals surface area (Å²) in [6.07, 6.45) is -13.9. The second-order valence-electron chi connectivity index (χ2n) is 11.1. The van der Waals surface area contributed by atoms with Gasteiger partial charge in [0.2, 0.25) is 11.8 Å². The highest BCUT2D eigenvalue weighted by Crippen LogP contribution is 2.39. The lowest BCUT2D eigenvalue weighted by Crippen LogP contribution is -2.45. The van der Waals surface area contributed by atoms with Crippen LogP contribution in [0.2, 0.25) is 0 Å². The molecule has 0 radical (unpaired) electrons. The molecule has 2 amide bonds. The lowest BCUT2D eigenvalue weighted by molar-refractivity contribution is -0.144. The minimum atomic E-state index is -5.18. The van der Waals surface area contributed by atoms with Crippen molar-refractivity contribution in [3.05, 3.63) is 83.0 Å². The summed E-state index contributed by atoms with van der Waals surface area (Å²) >= 11 is 9.89. The average molecular weight is 804 g/mol. The zero-order chi connectivity index (χ0) is 39.7. The van der Waals surface area contributed by atoms with Crippen molar-refractivity contribution in [2.24, 2.45) is 22.0 Å². The predicted octanol–water partition coefficient (Wildman–Crippen LogP) is 7.49. The summed E-state index contributed by atoms with van der Waals surface area (Å²) in [7, 11) is 0. The zero-order valence-electron chi connectivity index (χ0n) is 26.1. The third kappa shape index (κ3) is 10.1. The fourth-order valence-electron chi connectivity index (χ4n) is 4.90. The van der Waals surface area contributed by atoms with Crippen molar-refractivity contribution in [2.75, 3.05) is 10.6 Å². The molecule has 1 aliphatic carbocycles. The molecule has 3 atom stereocenters. The van der Waals surface area contributed by atoms with Gasteiger partial charge in [0, 0.05) is 11.4 Å². The molecule has 0 aromatic heterocycles. The maximum Gasteiger partial charge on any atom is 0.416 e. The number of rotatable bonds is 7. The molecule has 0 saturated carbocycles. The SMILES string of the molecule is CC(C(/C=N/NC(=S)Nc1cc(C(F)(F)F)cc(C(F)(F)F)c1)=N\NC(=S)Nc1cc(C(F)(F)F)cc(C(F)(F)F)c1)N1C(=O)C2C=CC=CC2C1=O. The van der Waals surface area contributed by atoms with Crippen LogP contribution < -0.4 is 21.5 Å². The minimum absolute atomic E-state index is 0.110. The first kappa shape index (κ1) is 40.7. The second kappa shape index (κ2) is 15.1. The maximum atomic E-state index is 13.3. The Kier molecular flexibility index (Phi) is 11.6. The molecule has 1 fully saturated rings. The third-order valence-electron chi connectivity index (χ3n) is 7.34. The van der Waals surface area contributed by atoms with Gasteiger partial charge in [-0.2, -0.15) is 62.9 Å². The Labute approximate surface area is 300 Å². The number of hydrogen-bond acceptors (Lipinski definition) is 6. The summed E-state index contributed by atoms with van der Waals surface area (Å²) < 4.78 is 159. The summed E-state index contributed by atoms with van der Waals surface area (Å²) in [6.45, 7) is 1.28. The molecule has 0 spiro atoms. The van der Waals surface area contributed by atoms with Gasteiger partial charge in [0.25, 0.3) is 0 Å². The highest BCUT2D eigenvalue weighted by molar-refractivity contribution is 7.80. The number of thiocarbonyl (C=S) groups is 2. The summed E-state index contributed by atoms with van der Waals surface area (Å²) in [6, 6.07) is -0.181. The van der Waals surface area contributed by atoms with E-state index in [2.05, 4.69) is 31.7 Å². The molecular formula is C30H21F12N7O2S2. The molecule has 284 valence electrons. The van der Waals surface area contributed by atoms with Crippen LogP contribution in [0.25, 0.3) is 0 Å². The summed E-state index contributed by atoms with van der Waals surface area (Å²) in [5, 5.41) is 10.5. The number of hydrazone groups is 2. The number of nitrogens with one attached hydrogen (secondary N) is 4. The molecular weight excluding hydrogens is 782 g/mol. The van der Waals surface area contributed by atoms with Gasteiger partial charge in [0.1, 0.15) is 5.71 Å². The average Bonchev–Trinajstić information content (AvgIpc) is 3.29. The Morgan fingerprint density at radius 3 is 1.38 bits per heavy atom. The van der Waals surface area contributed by atoms with E-state index >= 15 is 0 Å². The number of likely N-dealkylation sites (tertiary alicyclic amines) is 1. The molecule has 0 bridgehead atoms. The van der Waals surface area contributed by atoms with Crippen LogP contribution in [0, 0.1) is 11.8 Å². The van der Waals surface area contributed by atoms with Gasteiger partial charge in [-0.1, -0.05) is 24.3 Å². The molecule has 9 nitrogen and oxygen atoms in total. The van der Waals surface area contributed by atoms with Gasteiger partial charge in [-0.25, -0.2) is 0 Å². The van der Waals surface area contributed by atoms with Crippen molar-refractivity contribution < 1.29 is 62.3 Å². The molecule has 3 unspecified atom stereocenters. The van der Waals surface area contributed by atoms with E-state index in [1.54, 1.807) is 0 Å². The van der Waals surface area contributed by atoms with E-state index in [0.29, 0.717) is 24.3 Å². The monoisotopic (exact) mass is 803 g/mol. The summed E-state index contributed by atoms with van der Waals surface area (Å²) in [4.78, 5) is 27.1. The Balaban J connectivity index is 1.60. The van der Waals surface area contributed by atoms with Gasteiger partial charge < -0.3 is 10.6 Å². The van der Waals surface area contributed by atoms with Crippen molar-refractivity contribution in [3.63, 3.8) is 0 Å². The largest absolute Gasteiger partial charge is 0.416 e. The van der Waals surface area contributed by atoms with Gasteiger partial charge in [-0.3, -0.25) is 25.3 Å². The molecule has 1 heterocycles. The highest BCUT2D eigenvalue weighted by Gasteiger charge is 2.48. The predicted molar refractivity (Wildman–Crippen MR) is 174 cm³/mol. The lowest BCUT2D eigenvalue weighted by atomic mass is 9.91. The molecule has 1 saturated heterocycles. The van der Waals surface area contributed by atoms with Crippen molar-refractivity contribution in [2.45, 2.75) is 37.7 Å². The van der Waals surface area contributed by atoms with Gasteiger partial charge in [-0.15, -0.1) is 0 Å². The number of imide groups is 1. The zero-order valence-corrected chi connectivity index (χ0v) is 27.7. The molecule has 1 aliphatic heterocycles. The molecule has 2 aromatic carbocycles. The van der Waals surface area contributed by atoms with Crippen LogP contribution in [0.15, 0.2) is 70.9 Å². The standard InChI is InChI=1S/C30H21F12N7O2S2/c1-13(49-23(50)20-4-2-3-5-21(20)24(49)51)22(46-48-26(53)45-19-10-16(29(37,38)39)7-17(11-19)30(40,41)42)12-43-47-25(52)44-18-8-14(27(31,32)33)6-15(9-18)28(34,35)36/h2-13,20-21H,1H3,(H2,44,47,52)(H2,45,48,53)/b43-12+,46-22-.